The Hall–Kier alpha value is -2.40. The fourth-order valence-electron chi connectivity index (χ4n) is 2.70. The molecule has 28 heavy (non-hydrogen) atoms. The van der Waals surface area contributed by atoms with E-state index in [-0.39, 0.29) is 30.6 Å². The molecule has 0 aliphatic rings. The molecular formula is C22H26ClFN2O2. The number of rotatable bonds is 8. The van der Waals surface area contributed by atoms with Crippen molar-refractivity contribution in [2.75, 3.05) is 6.54 Å². The topological polar surface area (TPSA) is 49.4 Å². The molecule has 2 rings (SSSR count). The standard InChI is InChI=1S/C22H26ClFN2O2/c1-15(2)13-25-22(28)16(3)26(14-18-6-10-20(24)11-7-18)21(27)12-17-4-8-19(23)9-5-17/h4-11,15-16H,12-14H2,1-3H3,(H,25,28). The van der Waals surface area contributed by atoms with Gasteiger partial charge < -0.3 is 10.2 Å². The second-order valence-corrected chi connectivity index (χ2v) is 7.70. The molecule has 6 heteroatoms. The zero-order valence-corrected chi connectivity index (χ0v) is 17.2. The Bertz CT molecular complexity index is 791. The Morgan fingerprint density at radius 2 is 1.57 bits per heavy atom. The molecule has 2 aromatic carbocycles. The van der Waals surface area contributed by atoms with Crippen molar-refractivity contribution in [2.45, 2.75) is 39.8 Å². The van der Waals surface area contributed by atoms with Crippen LogP contribution in [-0.2, 0) is 22.6 Å². The Balaban J connectivity index is 2.18. The normalized spacial score (nSPS) is 11.9. The van der Waals surface area contributed by atoms with Gasteiger partial charge in [0.1, 0.15) is 11.9 Å². The maximum absolute atomic E-state index is 13.2. The third kappa shape index (κ3) is 6.64. The van der Waals surface area contributed by atoms with Crippen molar-refractivity contribution in [3.63, 3.8) is 0 Å². The molecule has 0 radical (unpaired) electrons. The van der Waals surface area contributed by atoms with Crippen LogP contribution in [-0.4, -0.2) is 29.3 Å². The van der Waals surface area contributed by atoms with Crippen LogP contribution in [0.5, 0.6) is 0 Å². The molecule has 4 nitrogen and oxygen atoms in total. The first-order valence-electron chi connectivity index (χ1n) is 9.32. The summed E-state index contributed by atoms with van der Waals surface area (Å²) in [6.07, 6.45) is 0.153. The number of hydrogen-bond donors (Lipinski definition) is 1. The van der Waals surface area contributed by atoms with Crippen LogP contribution in [0.3, 0.4) is 0 Å². The van der Waals surface area contributed by atoms with Gasteiger partial charge in [0, 0.05) is 18.1 Å². The summed E-state index contributed by atoms with van der Waals surface area (Å²) in [5, 5.41) is 3.47. The van der Waals surface area contributed by atoms with Crippen LogP contribution in [0.15, 0.2) is 48.5 Å². The maximum atomic E-state index is 13.2. The Kier molecular flexibility index (Phi) is 8.00. The first kappa shape index (κ1) is 21.9. The molecule has 1 unspecified atom stereocenters. The molecule has 0 bridgehead atoms. The molecule has 0 heterocycles. The first-order chi connectivity index (χ1) is 13.3. The van der Waals surface area contributed by atoms with E-state index in [1.165, 1.54) is 17.0 Å². The van der Waals surface area contributed by atoms with Crippen molar-refractivity contribution in [3.8, 4) is 0 Å². The van der Waals surface area contributed by atoms with Gasteiger partial charge in [-0.25, -0.2) is 4.39 Å². The number of hydrogen-bond acceptors (Lipinski definition) is 2. The SMILES string of the molecule is CC(C)CNC(=O)C(C)N(Cc1ccc(F)cc1)C(=O)Cc1ccc(Cl)cc1. The van der Waals surface area contributed by atoms with E-state index in [1.54, 1.807) is 43.3 Å². The van der Waals surface area contributed by atoms with Crippen LogP contribution < -0.4 is 5.32 Å². The van der Waals surface area contributed by atoms with Gasteiger partial charge >= 0.3 is 0 Å². The summed E-state index contributed by atoms with van der Waals surface area (Å²) in [4.78, 5) is 27.1. The first-order valence-corrected chi connectivity index (χ1v) is 9.70. The van der Waals surface area contributed by atoms with Gasteiger partial charge in [0.2, 0.25) is 11.8 Å². The van der Waals surface area contributed by atoms with E-state index in [0.717, 1.165) is 11.1 Å². The summed E-state index contributed by atoms with van der Waals surface area (Å²) >= 11 is 5.90. The molecule has 1 N–H and O–H groups in total. The summed E-state index contributed by atoms with van der Waals surface area (Å²) in [5.74, 6) is -0.420. The number of nitrogens with zero attached hydrogens (tertiary/aromatic N) is 1. The molecule has 0 aliphatic carbocycles. The molecule has 2 aromatic rings. The second-order valence-electron chi connectivity index (χ2n) is 7.27. The molecule has 0 spiro atoms. The Morgan fingerprint density at radius 1 is 1.00 bits per heavy atom. The zero-order valence-electron chi connectivity index (χ0n) is 16.4. The van der Waals surface area contributed by atoms with Gasteiger partial charge in [-0.1, -0.05) is 49.7 Å². The Labute approximate surface area is 170 Å². The summed E-state index contributed by atoms with van der Waals surface area (Å²) < 4.78 is 13.2. The fourth-order valence-corrected chi connectivity index (χ4v) is 2.83. The van der Waals surface area contributed by atoms with Crippen molar-refractivity contribution in [1.82, 2.24) is 10.2 Å². The minimum Gasteiger partial charge on any atom is -0.354 e. The van der Waals surface area contributed by atoms with Crippen LogP contribution in [0.25, 0.3) is 0 Å². The quantitative estimate of drug-likeness (QED) is 0.716. The minimum atomic E-state index is -0.649. The van der Waals surface area contributed by atoms with Crippen molar-refractivity contribution in [1.29, 1.82) is 0 Å². The number of carbonyl (C=O) groups excluding carboxylic acids is 2. The third-order valence-electron chi connectivity index (χ3n) is 4.39. The van der Waals surface area contributed by atoms with Gasteiger partial charge in [-0.15, -0.1) is 0 Å². The number of carbonyl (C=O) groups is 2. The highest BCUT2D eigenvalue weighted by molar-refractivity contribution is 6.30. The molecular weight excluding hydrogens is 379 g/mol. The van der Waals surface area contributed by atoms with E-state index >= 15 is 0 Å². The maximum Gasteiger partial charge on any atom is 0.242 e. The lowest BCUT2D eigenvalue weighted by Gasteiger charge is -2.29. The summed E-state index contributed by atoms with van der Waals surface area (Å²) in [6, 6.07) is 12.3. The predicted molar refractivity (Wildman–Crippen MR) is 109 cm³/mol. The van der Waals surface area contributed by atoms with Gasteiger partial charge in [-0.3, -0.25) is 9.59 Å². The van der Waals surface area contributed by atoms with Crippen molar-refractivity contribution < 1.29 is 14.0 Å². The molecule has 2 amide bonds. The fraction of sp³-hybridized carbons (Fsp3) is 0.364. The van der Waals surface area contributed by atoms with E-state index in [9.17, 15) is 14.0 Å². The molecule has 0 saturated carbocycles. The van der Waals surface area contributed by atoms with Crippen LogP contribution in [0.1, 0.15) is 31.9 Å². The lowest BCUT2D eigenvalue weighted by atomic mass is 10.1. The average molecular weight is 405 g/mol. The van der Waals surface area contributed by atoms with E-state index in [1.807, 2.05) is 13.8 Å². The van der Waals surface area contributed by atoms with Gasteiger partial charge in [0.25, 0.3) is 0 Å². The predicted octanol–water partition coefficient (Wildman–Crippen LogP) is 4.21. The lowest BCUT2D eigenvalue weighted by molar-refractivity contribution is -0.140. The number of amides is 2. The highest BCUT2D eigenvalue weighted by atomic mass is 35.5. The molecule has 0 fully saturated rings. The van der Waals surface area contributed by atoms with Crippen molar-refractivity contribution in [2.24, 2.45) is 5.92 Å². The average Bonchev–Trinajstić information content (AvgIpc) is 2.66. The van der Waals surface area contributed by atoms with Crippen LogP contribution in [0, 0.1) is 11.7 Å². The van der Waals surface area contributed by atoms with Gasteiger partial charge in [0.05, 0.1) is 6.42 Å². The molecule has 150 valence electrons. The second kappa shape index (κ2) is 10.2. The summed E-state index contributed by atoms with van der Waals surface area (Å²) in [6.45, 7) is 6.49. The minimum absolute atomic E-state index is 0.153. The van der Waals surface area contributed by atoms with Gasteiger partial charge in [-0.2, -0.15) is 0 Å². The number of benzene rings is 2. The largest absolute Gasteiger partial charge is 0.354 e. The van der Waals surface area contributed by atoms with Gasteiger partial charge in [-0.05, 0) is 48.2 Å². The highest BCUT2D eigenvalue weighted by Gasteiger charge is 2.26. The highest BCUT2D eigenvalue weighted by Crippen LogP contribution is 2.15. The zero-order chi connectivity index (χ0) is 20.7. The molecule has 0 aliphatic heterocycles. The molecule has 0 aromatic heterocycles. The van der Waals surface area contributed by atoms with E-state index in [0.29, 0.717) is 17.5 Å². The molecule has 0 saturated heterocycles. The van der Waals surface area contributed by atoms with Crippen LogP contribution >= 0.6 is 11.6 Å². The van der Waals surface area contributed by atoms with E-state index < -0.39 is 6.04 Å². The monoisotopic (exact) mass is 404 g/mol. The lowest BCUT2D eigenvalue weighted by Crippen LogP contribution is -2.48. The van der Waals surface area contributed by atoms with E-state index in [2.05, 4.69) is 5.32 Å². The molecule has 1 atom stereocenters. The smallest absolute Gasteiger partial charge is 0.242 e. The van der Waals surface area contributed by atoms with Gasteiger partial charge in [0.15, 0.2) is 0 Å². The van der Waals surface area contributed by atoms with Crippen molar-refractivity contribution in [3.05, 3.63) is 70.5 Å². The van der Waals surface area contributed by atoms with Crippen LogP contribution in [0.2, 0.25) is 5.02 Å². The number of nitrogens with one attached hydrogen (secondary N) is 1. The third-order valence-corrected chi connectivity index (χ3v) is 4.64. The van der Waals surface area contributed by atoms with Crippen molar-refractivity contribution >= 4 is 23.4 Å². The summed E-state index contributed by atoms with van der Waals surface area (Å²) in [7, 11) is 0. The Morgan fingerprint density at radius 3 is 2.14 bits per heavy atom. The van der Waals surface area contributed by atoms with Crippen LogP contribution in [0.4, 0.5) is 4.39 Å². The number of halogens is 2. The summed E-state index contributed by atoms with van der Waals surface area (Å²) in [5.41, 5.74) is 1.57. The van der Waals surface area contributed by atoms with E-state index in [4.69, 9.17) is 11.6 Å².